The molecule has 0 radical (unpaired) electrons. The van der Waals surface area contributed by atoms with Crippen LogP contribution in [-0.2, 0) is 9.59 Å². The topological polar surface area (TPSA) is 102 Å². The van der Waals surface area contributed by atoms with Crippen LogP contribution in [0, 0.1) is 21.8 Å². The number of carbonyl (C=O) groups excluding carboxylic acids is 2. The summed E-state index contributed by atoms with van der Waals surface area (Å²) in [7, 11) is 0. The monoisotopic (exact) mass is 387 g/mol. The fraction of sp³-hybridized carbons (Fsp3) is 0.263. The third-order valence-electron chi connectivity index (χ3n) is 4.26. The first-order valence-corrected chi connectivity index (χ1v) is 8.58. The van der Waals surface area contributed by atoms with E-state index in [0.29, 0.717) is 0 Å². The summed E-state index contributed by atoms with van der Waals surface area (Å²) in [6.45, 7) is 3.15. The number of carbonyl (C=O) groups is 2. The molecule has 9 heteroatoms. The number of non-ortho nitro benzene ring substituents is 1. The number of fused-ring (bicyclic) bond motifs is 1. The zero-order chi connectivity index (χ0) is 20.4. The van der Waals surface area contributed by atoms with Crippen LogP contribution in [0.25, 0.3) is 0 Å². The number of rotatable bonds is 5. The maximum absolute atomic E-state index is 13.8. The Bertz CT molecular complexity index is 947. The number of para-hydroxylation sites is 1. The summed E-state index contributed by atoms with van der Waals surface area (Å²) in [4.78, 5) is 36.9. The van der Waals surface area contributed by atoms with E-state index in [4.69, 9.17) is 4.74 Å². The molecule has 0 saturated carbocycles. The van der Waals surface area contributed by atoms with Crippen molar-refractivity contribution in [2.75, 3.05) is 16.8 Å². The minimum absolute atomic E-state index is 0.00228. The molecule has 0 bridgehead atoms. The van der Waals surface area contributed by atoms with Crippen LogP contribution in [0.1, 0.15) is 13.8 Å². The van der Waals surface area contributed by atoms with Crippen molar-refractivity contribution in [1.29, 1.82) is 0 Å². The van der Waals surface area contributed by atoms with Crippen LogP contribution in [0.5, 0.6) is 5.75 Å². The zero-order valence-corrected chi connectivity index (χ0v) is 15.2. The molecular formula is C19H18FN3O5. The third-order valence-corrected chi connectivity index (χ3v) is 4.26. The van der Waals surface area contributed by atoms with Crippen molar-refractivity contribution in [2.24, 2.45) is 5.92 Å². The van der Waals surface area contributed by atoms with Crippen LogP contribution in [0.15, 0.2) is 42.5 Å². The number of amides is 2. The van der Waals surface area contributed by atoms with Gasteiger partial charge in [-0.25, -0.2) is 4.39 Å². The highest BCUT2D eigenvalue weighted by Gasteiger charge is 2.38. The van der Waals surface area contributed by atoms with E-state index in [-0.39, 0.29) is 35.3 Å². The van der Waals surface area contributed by atoms with Gasteiger partial charge < -0.3 is 10.1 Å². The average molecular weight is 387 g/mol. The highest BCUT2D eigenvalue weighted by Crippen LogP contribution is 2.38. The van der Waals surface area contributed by atoms with Gasteiger partial charge in [-0.2, -0.15) is 0 Å². The fourth-order valence-electron chi connectivity index (χ4n) is 2.87. The van der Waals surface area contributed by atoms with E-state index in [9.17, 15) is 24.1 Å². The van der Waals surface area contributed by atoms with Crippen molar-refractivity contribution in [1.82, 2.24) is 0 Å². The molecule has 0 spiro atoms. The molecule has 1 heterocycles. The number of nitro groups is 1. The minimum Gasteiger partial charge on any atom is -0.478 e. The van der Waals surface area contributed by atoms with E-state index in [0.717, 1.165) is 0 Å². The Morgan fingerprint density at radius 3 is 2.68 bits per heavy atom. The molecule has 1 aliphatic heterocycles. The standard InChI is InChI=1S/C19H18FN3O5/c1-11(2)18-19(25)22(10-17(24)21-14-6-4-3-5-13(14)20)15-8-7-12(23(26)27)9-16(15)28-18/h3-9,11,18H,10H2,1-2H3,(H,21,24). The number of benzene rings is 2. The summed E-state index contributed by atoms with van der Waals surface area (Å²) in [5, 5.41) is 13.5. The zero-order valence-electron chi connectivity index (χ0n) is 15.2. The first kappa shape index (κ1) is 19.3. The number of nitro benzene ring substituents is 1. The summed E-state index contributed by atoms with van der Waals surface area (Å²) in [6.07, 6.45) is -0.893. The molecule has 3 rings (SSSR count). The predicted octanol–water partition coefficient (Wildman–Crippen LogP) is 3.12. The highest BCUT2D eigenvalue weighted by molar-refractivity contribution is 6.06. The normalized spacial score (nSPS) is 15.8. The molecule has 0 fully saturated rings. The second-order valence-electron chi connectivity index (χ2n) is 6.64. The van der Waals surface area contributed by atoms with Crippen LogP contribution in [0.2, 0.25) is 0 Å². The lowest BCUT2D eigenvalue weighted by molar-refractivity contribution is -0.384. The molecule has 1 atom stereocenters. The number of halogens is 1. The molecule has 2 amide bonds. The van der Waals surface area contributed by atoms with Crippen LogP contribution in [0.3, 0.4) is 0 Å². The molecule has 0 saturated heterocycles. The van der Waals surface area contributed by atoms with Gasteiger partial charge in [0.25, 0.3) is 11.6 Å². The second-order valence-corrected chi connectivity index (χ2v) is 6.64. The fourth-order valence-corrected chi connectivity index (χ4v) is 2.87. The van der Waals surface area contributed by atoms with Gasteiger partial charge in [-0.05, 0) is 24.1 Å². The first-order valence-electron chi connectivity index (χ1n) is 8.58. The maximum Gasteiger partial charge on any atom is 0.273 e. The molecule has 2 aromatic carbocycles. The number of hydrogen-bond acceptors (Lipinski definition) is 5. The molecule has 1 unspecified atom stereocenters. The average Bonchev–Trinajstić information content (AvgIpc) is 2.65. The van der Waals surface area contributed by atoms with Crippen molar-refractivity contribution in [3.8, 4) is 5.75 Å². The Morgan fingerprint density at radius 1 is 1.32 bits per heavy atom. The van der Waals surface area contributed by atoms with E-state index < -0.39 is 28.7 Å². The molecule has 1 aliphatic rings. The van der Waals surface area contributed by atoms with Gasteiger partial charge in [-0.1, -0.05) is 26.0 Å². The number of nitrogens with zero attached hydrogens (tertiary/aromatic N) is 2. The third kappa shape index (κ3) is 3.78. The summed E-state index contributed by atoms with van der Waals surface area (Å²) in [5.41, 5.74) is 0.0556. The lowest BCUT2D eigenvalue weighted by Gasteiger charge is -2.35. The van der Waals surface area contributed by atoms with Crippen molar-refractivity contribution >= 4 is 28.9 Å². The quantitative estimate of drug-likeness (QED) is 0.627. The van der Waals surface area contributed by atoms with E-state index in [1.54, 1.807) is 19.9 Å². The van der Waals surface area contributed by atoms with Gasteiger partial charge in [-0.15, -0.1) is 0 Å². The molecule has 0 aromatic heterocycles. The van der Waals surface area contributed by atoms with Gasteiger partial charge in [0, 0.05) is 6.07 Å². The van der Waals surface area contributed by atoms with Gasteiger partial charge in [0.15, 0.2) is 11.9 Å². The Labute approximate surface area is 160 Å². The smallest absolute Gasteiger partial charge is 0.273 e. The number of ether oxygens (including phenoxy) is 1. The maximum atomic E-state index is 13.8. The van der Waals surface area contributed by atoms with Crippen molar-refractivity contribution in [2.45, 2.75) is 20.0 Å². The highest BCUT2D eigenvalue weighted by atomic mass is 19.1. The molecule has 146 valence electrons. The SMILES string of the molecule is CC(C)C1Oc2cc([N+](=O)[O-])ccc2N(CC(=O)Nc2ccccc2F)C1=O. The molecule has 0 aliphatic carbocycles. The minimum atomic E-state index is -0.893. The van der Waals surface area contributed by atoms with Crippen molar-refractivity contribution in [3.63, 3.8) is 0 Å². The van der Waals surface area contributed by atoms with Crippen LogP contribution < -0.4 is 15.0 Å². The predicted molar refractivity (Wildman–Crippen MR) is 99.7 cm³/mol. The van der Waals surface area contributed by atoms with Gasteiger partial charge in [0.05, 0.1) is 22.4 Å². The van der Waals surface area contributed by atoms with E-state index >= 15 is 0 Å². The summed E-state index contributed by atoms with van der Waals surface area (Å²) < 4.78 is 19.4. The molecule has 8 nitrogen and oxygen atoms in total. The lowest BCUT2D eigenvalue weighted by Crippen LogP contribution is -2.50. The summed E-state index contributed by atoms with van der Waals surface area (Å²) in [6, 6.07) is 9.49. The van der Waals surface area contributed by atoms with Crippen LogP contribution in [-0.4, -0.2) is 29.4 Å². The van der Waals surface area contributed by atoms with Gasteiger partial charge in [-0.3, -0.25) is 24.6 Å². The Hall–Kier alpha value is -3.49. The second kappa shape index (κ2) is 7.63. The Balaban J connectivity index is 1.90. The van der Waals surface area contributed by atoms with Crippen LogP contribution >= 0.6 is 0 Å². The molecule has 2 aromatic rings. The lowest BCUT2D eigenvalue weighted by atomic mass is 10.0. The van der Waals surface area contributed by atoms with Gasteiger partial charge in [0.2, 0.25) is 5.91 Å². The molecule has 1 N–H and O–H groups in total. The van der Waals surface area contributed by atoms with E-state index in [1.807, 2.05) is 0 Å². The van der Waals surface area contributed by atoms with Crippen molar-refractivity contribution < 1.29 is 23.6 Å². The van der Waals surface area contributed by atoms with Gasteiger partial charge in [0.1, 0.15) is 12.4 Å². The molecular weight excluding hydrogens is 369 g/mol. The van der Waals surface area contributed by atoms with Crippen LogP contribution in [0.4, 0.5) is 21.5 Å². The largest absolute Gasteiger partial charge is 0.478 e. The van der Waals surface area contributed by atoms with Crippen molar-refractivity contribution in [3.05, 3.63) is 58.4 Å². The molecule has 28 heavy (non-hydrogen) atoms. The Kier molecular flexibility index (Phi) is 5.25. The van der Waals surface area contributed by atoms with E-state index in [1.165, 1.54) is 41.3 Å². The number of hydrogen-bond donors (Lipinski definition) is 1. The summed E-state index contributed by atoms with van der Waals surface area (Å²) in [5.74, 6) is -1.73. The summed E-state index contributed by atoms with van der Waals surface area (Å²) >= 11 is 0. The first-order chi connectivity index (χ1) is 13.3. The van der Waals surface area contributed by atoms with Gasteiger partial charge >= 0.3 is 0 Å². The Morgan fingerprint density at radius 2 is 2.04 bits per heavy atom. The number of nitrogens with one attached hydrogen (secondary N) is 1. The number of anilines is 2. The van der Waals surface area contributed by atoms with E-state index in [2.05, 4.69) is 5.32 Å².